The number of rotatable bonds is 2. The van der Waals surface area contributed by atoms with E-state index in [1.165, 1.54) is 11.3 Å². The number of nitrogens with one attached hydrogen (secondary N) is 1. The fraction of sp³-hybridized carbons (Fsp3) is 0.333. The zero-order valence-corrected chi connectivity index (χ0v) is 7.59. The molecule has 5 heteroatoms. The van der Waals surface area contributed by atoms with Gasteiger partial charge in [-0.05, 0) is 19.6 Å². The van der Waals surface area contributed by atoms with Crippen molar-refractivity contribution in [2.75, 3.05) is 6.54 Å². The van der Waals surface area contributed by atoms with Gasteiger partial charge in [-0.1, -0.05) is 0 Å². The summed E-state index contributed by atoms with van der Waals surface area (Å²) in [5, 5.41) is 4.29. The van der Waals surface area contributed by atoms with E-state index in [4.69, 9.17) is 12.6 Å². The number of thiazole rings is 1. The van der Waals surface area contributed by atoms with E-state index < -0.39 is 0 Å². The molecule has 1 amide bonds. The number of hydrogen-bond acceptors (Lipinski definition) is 3. The second-order valence-corrected chi connectivity index (χ2v) is 3.36. The van der Waals surface area contributed by atoms with Gasteiger partial charge in [0.05, 0.1) is 0 Å². The average Bonchev–Trinajstić information content (AvgIpc) is 2.36. The Morgan fingerprint density at radius 1 is 1.91 bits per heavy atom. The average molecular weight is 187 g/mol. The van der Waals surface area contributed by atoms with Gasteiger partial charge < -0.3 is 5.32 Å². The highest BCUT2D eigenvalue weighted by Gasteiger charge is 2.07. The van der Waals surface area contributed by atoms with Crippen LogP contribution >= 0.6 is 24.0 Å². The van der Waals surface area contributed by atoms with E-state index in [1.54, 1.807) is 5.38 Å². The van der Waals surface area contributed by atoms with Crippen molar-refractivity contribution >= 4 is 29.9 Å². The molecule has 1 aromatic rings. The molecule has 1 rings (SSSR count). The van der Waals surface area contributed by atoms with Crippen LogP contribution in [0.1, 0.15) is 17.4 Å². The van der Waals surface area contributed by atoms with Gasteiger partial charge in [0.25, 0.3) is 5.91 Å². The molecule has 1 aromatic heterocycles. The van der Waals surface area contributed by atoms with Crippen molar-refractivity contribution in [3.05, 3.63) is 11.1 Å². The van der Waals surface area contributed by atoms with Crippen molar-refractivity contribution in [3.63, 3.8) is 0 Å². The molecule has 0 unspecified atom stereocenters. The lowest BCUT2D eigenvalue weighted by Crippen LogP contribution is -2.22. The first-order valence-electron chi connectivity index (χ1n) is 3.14. The molecule has 0 bridgehead atoms. The Kier molecular flexibility index (Phi) is 2.78. The van der Waals surface area contributed by atoms with Gasteiger partial charge in [-0.25, -0.2) is 4.98 Å². The van der Waals surface area contributed by atoms with Crippen LogP contribution in [0.5, 0.6) is 0 Å². The van der Waals surface area contributed by atoms with Crippen molar-refractivity contribution in [1.29, 1.82) is 0 Å². The normalized spacial score (nSPS) is 9.55. The minimum absolute atomic E-state index is 0.153. The zero-order chi connectivity index (χ0) is 8.27. The quantitative estimate of drug-likeness (QED) is 0.761. The Balaban J connectivity index is 2.69. The van der Waals surface area contributed by atoms with Crippen LogP contribution in [-0.4, -0.2) is 17.4 Å². The summed E-state index contributed by atoms with van der Waals surface area (Å²) in [6, 6.07) is 0. The first kappa shape index (κ1) is 8.42. The van der Waals surface area contributed by atoms with Gasteiger partial charge in [0.1, 0.15) is 5.69 Å². The molecule has 0 aliphatic carbocycles. The summed E-state index contributed by atoms with van der Waals surface area (Å²) < 4.78 is 0.506. The number of nitrogens with zero attached hydrogens (tertiary/aromatic N) is 1. The van der Waals surface area contributed by atoms with Crippen LogP contribution < -0.4 is 5.32 Å². The molecule has 0 saturated carbocycles. The largest absolute Gasteiger partial charge is 0.351 e. The molecule has 3 nitrogen and oxygen atoms in total. The number of hydrogen-bond donors (Lipinski definition) is 1. The van der Waals surface area contributed by atoms with Crippen molar-refractivity contribution in [3.8, 4) is 0 Å². The number of amides is 1. The lowest BCUT2D eigenvalue weighted by molar-refractivity contribution is 0.0951. The molecule has 0 aliphatic heterocycles. The van der Waals surface area contributed by atoms with E-state index in [9.17, 15) is 4.79 Å². The highest BCUT2D eigenvalue weighted by atomic mass is 32.2. The van der Waals surface area contributed by atoms with Crippen LogP contribution in [0.4, 0.5) is 0 Å². The predicted molar refractivity (Wildman–Crippen MR) is 46.0 cm³/mol. The summed E-state index contributed by atoms with van der Waals surface area (Å²) in [7, 11) is 0. The molecular weight excluding hydrogens is 180 g/mol. The second kappa shape index (κ2) is 3.64. The number of carbonyl (C=O) groups excluding carboxylic acids is 1. The van der Waals surface area contributed by atoms with Gasteiger partial charge in [0.15, 0.2) is 4.34 Å². The van der Waals surface area contributed by atoms with Crippen LogP contribution in [0.2, 0.25) is 0 Å². The van der Waals surface area contributed by atoms with Crippen molar-refractivity contribution in [2.24, 2.45) is 0 Å². The molecule has 0 spiro atoms. The smallest absolute Gasteiger partial charge is 0.270 e. The third-order valence-electron chi connectivity index (χ3n) is 1.05. The van der Waals surface area contributed by atoms with Gasteiger partial charge in [0, 0.05) is 11.9 Å². The molecule has 59 valence electrons. The lowest BCUT2D eigenvalue weighted by Gasteiger charge is -1.95. The van der Waals surface area contributed by atoms with Gasteiger partial charge in [-0.3, -0.25) is 4.79 Å². The molecule has 1 N–H and O–H groups in total. The van der Waals surface area contributed by atoms with Gasteiger partial charge >= 0.3 is 0 Å². The Morgan fingerprint density at radius 2 is 2.64 bits per heavy atom. The first-order valence-corrected chi connectivity index (χ1v) is 4.43. The highest BCUT2D eigenvalue weighted by molar-refractivity contribution is 7.82. The number of aromatic nitrogens is 1. The van der Waals surface area contributed by atoms with Crippen LogP contribution in [0.3, 0.4) is 0 Å². The summed E-state index contributed by atoms with van der Waals surface area (Å²) in [6.45, 7) is 2.47. The Hall–Kier alpha value is -0.680. The first-order chi connectivity index (χ1) is 5.24. The SMILES string of the molecule is CCNC(=O)c1csc([S])n1. The summed E-state index contributed by atoms with van der Waals surface area (Å²) in [5.74, 6) is -0.153. The second-order valence-electron chi connectivity index (χ2n) is 1.86. The van der Waals surface area contributed by atoms with Crippen molar-refractivity contribution in [2.45, 2.75) is 11.3 Å². The van der Waals surface area contributed by atoms with Crippen molar-refractivity contribution < 1.29 is 4.79 Å². The maximum Gasteiger partial charge on any atom is 0.270 e. The predicted octanol–water partition coefficient (Wildman–Crippen LogP) is 1.45. The van der Waals surface area contributed by atoms with Crippen LogP contribution in [0.15, 0.2) is 9.72 Å². The molecule has 1 heterocycles. The molecule has 0 fully saturated rings. The molecule has 11 heavy (non-hydrogen) atoms. The van der Waals surface area contributed by atoms with Crippen molar-refractivity contribution in [1.82, 2.24) is 10.3 Å². The molecular formula is C6H7N2OS2. The third-order valence-corrected chi connectivity index (χ3v) is 2.07. The zero-order valence-electron chi connectivity index (χ0n) is 5.96. The molecule has 1 radical (unpaired) electrons. The standard InChI is InChI=1S/C6H7N2OS2/c1-2-7-5(9)4-3-11-6(10)8-4/h3H,2H2,1H3,(H,7,9). The van der Waals surface area contributed by atoms with Gasteiger partial charge in [-0.2, -0.15) is 0 Å². The Bertz CT molecular complexity index is 259. The molecule has 0 aromatic carbocycles. The highest BCUT2D eigenvalue weighted by Crippen LogP contribution is 2.12. The summed E-state index contributed by atoms with van der Waals surface area (Å²) in [4.78, 5) is 14.9. The monoisotopic (exact) mass is 187 g/mol. The third kappa shape index (κ3) is 2.13. The lowest BCUT2D eigenvalue weighted by atomic mass is 10.4. The summed E-state index contributed by atoms with van der Waals surface area (Å²) in [5.41, 5.74) is 0.418. The Labute approximate surface area is 74.3 Å². The van der Waals surface area contributed by atoms with E-state index in [1.807, 2.05) is 6.92 Å². The summed E-state index contributed by atoms with van der Waals surface area (Å²) in [6.07, 6.45) is 0. The Morgan fingerprint density at radius 3 is 3.09 bits per heavy atom. The molecule has 0 aliphatic rings. The number of carbonyl (C=O) groups is 1. The fourth-order valence-corrected chi connectivity index (χ4v) is 1.38. The van der Waals surface area contributed by atoms with E-state index in [2.05, 4.69) is 10.3 Å². The van der Waals surface area contributed by atoms with E-state index >= 15 is 0 Å². The van der Waals surface area contributed by atoms with Gasteiger partial charge in [-0.15, -0.1) is 11.3 Å². The molecule has 0 saturated heterocycles. The van der Waals surface area contributed by atoms with E-state index in [-0.39, 0.29) is 5.91 Å². The van der Waals surface area contributed by atoms with E-state index in [0.717, 1.165) is 0 Å². The fourth-order valence-electron chi connectivity index (χ4n) is 0.613. The van der Waals surface area contributed by atoms with Gasteiger partial charge in [0.2, 0.25) is 0 Å². The minimum Gasteiger partial charge on any atom is -0.351 e. The maximum absolute atomic E-state index is 11.0. The minimum atomic E-state index is -0.153. The summed E-state index contributed by atoms with van der Waals surface area (Å²) >= 11 is 6.07. The maximum atomic E-state index is 11.0. The van der Waals surface area contributed by atoms with Crippen LogP contribution in [-0.2, 0) is 0 Å². The van der Waals surface area contributed by atoms with Crippen LogP contribution in [0, 0.1) is 0 Å². The van der Waals surface area contributed by atoms with Crippen LogP contribution in [0.25, 0.3) is 0 Å². The van der Waals surface area contributed by atoms with E-state index in [0.29, 0.717) is 16.6 Å². The molecule has 0 atom stereocenters. The topological polar surface area (TPSA) is 42.0 Å².